The highest BCUT2D eigenvalue weighted by Gasteiger charge is 2.05. The molecule has 0 bridgehead atoms. The van der Waals surface area contributed by atoms with E-state index in [0.717, 1.165) is 36.4 Å². The smallest absolute Gasteiger partial charge is 0.123 e. The molecule has 0 saturated heterocycles. The Kier molecular flexibility index (Phi) is 4.97. The summed E-state index contributed by atoms with van der Waals surface area (Å²) in [7, 11) is 3.77. The van der Waals surface area contributed by atoms with E-state index in [1.807, 2.05) is 19.1 Å². The summed E-state index contributed by atoms with van der Waals surface area (Å²) in [5, 5.41) is 7.44. The highest BCUT2D eigenvalue weighted by molar-refractivity contribution is 5.96. The zero-order chi connectivity index (χ0) is 12.8. The summed E-state index contributed by atoms with van der Waals surface area (Å²) in [5.41, 5.74) is 8.47. The number of methoxy groups -OCH3 is 1. The number of ether oxygens (including phenoxy) is 1. The van der Waals surface area contributed by atoms with Crippen molar-refractivity contribution in [1.82, 2.24) is 0 Å². The predicted molar refractivity (Wildman–Crippen MR) is 72.0 cm³/mol. The fraction of sp³-hybridized carbons (Fsp3) is 0.462. The summed E-state index contributed by atoms with van der Waals surface area (Å²) in [6, 6.07) is 5.96. The zero-order valence-electron chi connectivity index (χ0n) is 10.8. The molecule has 0 saturated carbocycles. The van der Waals surface area contributed by atoms with Crippen LogP contribution in [-0.2, 0) is 4.74 Å². The number of hydrogen-bond donors (Lipinski definition) is 2. The molecular formula is C13H21N3O. The van der Waals surface area contributed by atoms with Gasteiger partial charge in [0.2, 0.25) is 0 Å². The van der Waals surface area contributed by atoms with Crippen LogP contribution in [0.2, 0.25) is 0 Å². The number of nitrogens with two attached hydrogens (primary N) is 1. The van der Waals surface area contributed by atoms with E-state index in [1.165, 1.54) is 0 Å². The summed E-state index contributed by atoms with van der Waals surface area (Å²) < 4.78 is 5.03. The maximum atomic E-state index is 7.44. The highest BCUT2D eigenvalue weighted by Crippen LogP contribution is 2.18. The van der Waals surface area contributed by atoms with Crippen molar-refractivity contribution in [2.45, 2.75) is 13.3 Å². The fourth-order valence-electron chi connectivity index (χ4n) is 1.76. The summed E-state index contributed by atoms with van der Waals surface area (Å²) in [6.45, 7) is 3.70. The minimum Gasteiger partial charge on any atom is -0.385 e. The highest BCUT2D eigenvalue weighted by atomic mass is 16.5. The molecule has 1 rings (SSSR count). The first-order valence-corrected chi connectivity index (χ1v) is 5.71. The van der Waals surface area contributed by atoms with Crippen LogP contribution in [0.3, 0.4) is 0 Å². The summed E-state index contributed by atoms with van der Waals surface area (Å²) in [5.74, 6) is 0.121. The van der Waals surface area contributed by atoms with Gasteiger partial charge in [-0.1, -0.05) is 0 Å². The molecule has 4 nitrogen and oxygen atoms in total. The standard InChI is InChI=1S/C13H21N3O/c1-10-9-11(5-6-12(10)13(14)15)16(2)7-4-8-17-3/h5-6,9H,4,7-8H2,1-3H3,(H3,14,15). The second-order valence-corrected chi connectivity index (χ2v) is 4.18. The zero-order valence-corrected chi connectivity index (χ0v) is 10.8. The third-order valence-electron chi connectivity index (χ3n) is 2.78. The number of aryl methyl sites for hydroxylation is 1. The lowest BCUT2D eigenvalue weighted by molar-refractivity contribution is 0.196. The third kappa shape index (κ3) is 3.75. The van der Waals surface area contributed by atoms with Gasteiger partial charge < -0.3 is 15.4 Å². The molecule has 0 spiro atoms. The summed E-state index contributed by atoms with van der Waals surface area (Å²) in [6.07, 6.45) is 1.00. The molecule has 3 N–H and O–H groups in total. The molecule has 0 atom stereocenters. The lowest BCUT2D eigenvalue weighted by Gasteiger charge is -2.20. The largest absolute Gasteiger partial charge is 0.385 e. The molecule has 0 heterocycles. The molecule has 0 unspecified atom stereocenters. The van der Waals surface area contributed by atoms with E-state index in [-0.39, 0.29) is 5.84 Å². The number of anilines is 1. The van der Waals surface area contributed by atoms with Crippen LogP contribution in [-0.4, -0.2) is 33.1 Å². The number of nitrogens with zero attached hydrogens (tertiary/aromatic N) is 1. The van der Waals surface area contributed by atoms with Crippen LogP contribution in [0.4, 0.5) is 5.69 Å². The molecule has 1 aromatic rings. The van der Waals surface area contributed by atoms with Crippen LogP contribution in [0.1, 0.15) is 17.5 Å². The van der Waals surface area contributed by atoms with E-state index in [0.29, 0.717) is 0 Å². The van der Waals surface area contributed by atoms with Gasteiger partial charge in [-0.25, -0.2) is 0 Å². The van der Waals surface area contributed by atoms with Gasteiger partial charge in [-0.2, -0.15) is 0 Å². The van der Waals surface area contributed by atoms with Gasteiger partial charge in [-0.15, -0.1) is 0 Å². The van der Waals surface area contributed by atoms with Gasteiger partial charge in [0.1, 0.15) is 5.84 Å². The molecule has 0 aliphatic heterocycles. The Morgan fingerprint density at radius 1 is 1.47 bits per heavy atom. The number of amidine groups is 1. The third-order valence-corrected chi connectivity index (χ3v) is 2.78. The predicted octanol–water partition coefficient (Wildman–Crippen LogP) is 1.75. The second-order valence-electron chi connectivity index (χ2n) is 4.18. The summed E-state index contributed by atoms with van der Waals surface area (Å²) in [4.78, 5) is 2.18. The van der Waals surface area contributed by atoms with E-state index in [1.54, 1.807) is 7.11 Å². The molecule has 1 aromatic carbocycles. The maximum absolute atomic E-state index is 7.44. The Morgan fingerprint density at radius 3 is 2.71 bits per heavy atom. The number of rotatable bonds is 6. The Labute approximate surface area is 103 Å². The minimum absolute atomic E-state index is 0.121. The van der Waals surface area contributed by atoms with Crippen molar-refractivity contribution in [2.75, 3.05) is 32.2 Å². The van der Waals surface area contributed by atoms with Gasteiger partial charge in [0.25, 0.3) is 0 Å². The fourth-order valence-corrected chi connectivity index (χ4v) is 1.76. The molecule has 0 aliphatic carbocycles. The molecule has 0 aliphatic rings. The van der Waals surface area contributed by atoms with E-state index in [4.69, 9.17) is 15.9 Å². The normalized spacial score (nSPS) is 10.3. The van der Waals surface area contributed by atoms with Crippen molar-refractivity contribution in [3.63, 3.8) is 0 Å². The van der Waals surface area contributed by atoms with Gasteiger partial charge in [-0.3, -0.25) is 5.41 Å². The molecule has 4 heteroatoms. The Bertz CT molecular complexity index is 390. The lowest BCUT2D eigenvalue weighted by atomic mass is 10.1. The van der Waals surface area contributed by atoms with Gasteiger partial charge in [0.05, 0.1) is 0 Å². The molecule has 0 radical (unpaired) electrons. The molecular weight excluding hydrogens is 214 g/mol. The van der Waals surface area contributed by atoms with E-state index >= 15 is 0 Å². The maximum Gasteiger partial charge on any atom is 0.123 e. The molecule has 94 valence electrons. The van der Waals surface area contributed by atoms with Crippen molar-refractivity contribution in [1.29, 1.82) is 5.41 Å². The number of nitrogens with one attached hydrogen (secondary N) is 1. The van der Waals surface area contributed by atoms with Crippen LogP contribution in [0, 0.1) is 12.3 Å². The van der Waals surface area contributed by atoms with E-state index in [2.05, 4.69) is 18.0 Å². The average Bonchev–Trinajstić information content (AvgIpc) is 2.28. The van der Waals surface area contributed by atoms with Gasteiger partial charge in [-0.05, 0) is 37.1 Å². The molecule has 0 aromatic heterocycles. The molecule has 0 amide bonds. The number of nitrogen functional groups attached to an aromatic ring is 1. The van der Waals surface area contributed by atoms with Gasteiger partial charge in [0, 0.05) is 38.6 Å². The Hall–Kier alpha value is -1.55. The lowest BCUT2D eigenvalue weighted by Crippen LogP contribution is -2.20. The monoisotopic (exact) mass is 235 g/mol. The Morgan fingerprint density at radius 2 is 2.18 bits per heavy atom. The van der Waals surface area contributed by atoms with Crippen LogP contribution < -0.4 is 10.6 Å². The van der Waals surface area contributed by atoms with Crippen molar-refractivity contribution < 1.29 is 4.74 Å². The van der Waals surface area contributed by atoms with Crippen molar-refractivity contribution in [3.05, 3.63) is 29.3 Å². The first-order valence-electron chi connectivity index (χ1n) is 5.71. The van der Waals surface area contributed by atoms with E-state index < -0.39 is 0 Å². The minimum atomic E-state index is 0.121. The van der Waals surface area contributed by atoms with Crippen LogP contribution in [0.25, 0.3) is 0 Å². The van der Waals surface area contributed by atoms with Crippen LogP contribution in [0.15, 0.2) is 18.2 Å². The number of benzene rings is 1. The van der Waals surface area contributed by atoms with Crippen LogP contribution in [0.5, 0.6) is 0 Å². The topological polar surface area (TPSA) is 62.3 Å². The first-order chi connectivity index (χ1) is 8.06. The van der Waals surface area contributed by atoms with Crippen molar-refractivity contribution in [3.8, 4) is 0 Å². The molecule has 17 heavy (non-hydrogen) atoms. The van der Waals surface area contributed by atoms with Crippen molar-refractivity contribution in [2.24, 2.45) is 5.73 Å². The first kappa shape index (κ1) is 13.5. The number of hydrogen-bond acceptors (Lipinski definition) is 3. The van der Waals surface area contributed by atoms with Crippen LogP contribution >= 0.6 is 0 Å². The van der Waals surface area contributed by atoms with Gasteiger partial charge in [0.15, 0.2) is 0 Å². The summed E-state index contributed by atoms with van der Waals surface area (Å²) >= 11 is 0. The van der Waals surface area contributed by atoms with E-state index in [9.17, 15) is 0 Å². The molecule has 0 fully saturated rings. The quantitative estimate of drug-likeness (QED) is 0.448. The SMILES string of the molecule is COCCCN(C)c1ccc(C(=N)N)c(C)c1. The van der Waals surface area contributed by atoms with Crippen molar-refractivity contribution >= 4 is 11.5 Å². The Balaban J connectivity index is 2.72. The van der Waals surface area contributed by atoms with Gasteiger partial charge >= 0.3 is 0 Å². The average molecular weight is 235 g/mol. The second kappa shape index (κ2) is 6.25.